The molecule has 0 amide bonds. The zero-order valence-corrected chi connectivity index (χ0v) is 10.7. The fourth-order valence-electron chi connectivity index (χ4n) is 1.48. The highest BCUT2D eigenvalue weighted by molar-refractivity contribution is 7.79. The molecular weight excluding hydrogens is 252 g/mol. The Hall–Kier alpha value is -1.86. The Kier molecular flexibility index (Phi) is 3.63. The van der Waals surface area contributed by atoms with Crippen molar-refractivity contribution < 1.29 is 8.76 Å². The summed E-state index contributed by atoms with van der Waals surface area (Å²) in [5.41, 5.74) is 0.613. The first kappa shape index (κ1) is 12.6. The highest BCUT2D eigenvalue weighted by atomic mass is 32.2. The topological polar surface area (TPSA) is 90.8 Å². The van der Waals surface area contributed by atoms with Gasteiger partial charge in [-0.15, -0.1) is 0 Å². The molecular formula is C11H11N4O2S-. The Bertz CT molecular complexity index is 583. The van der Waals surface area contributed by atoms with E-state index in [-0.39, 0.29) is 4.90 Å². The van der Waals surface area contributed by atoms with Crippen molar-refractivity contribution in [3.05, 3.63) is 35.9 Å². The fraction of sp³-hybridized carbons (Fsp3) is 0.182. The lowest BCUT2D eigenvalue weighted by molar-refractivity contribution is 0.537. The lowest BCUT2D eigenvalue weighted by atomic mass is 10.3. The number of anilines is 2. The van der Waals surface area contributed by atoms with E-state index in [9.17, 15) is 8.76 Å². The van der Waals surface area contributed by atoms with Gasteiger partial charge in [-0.3, -0.25) is 4.21 Å². The fourth-order valence-corrected chi connectivity index (χ4v) is 1.89. The van der Waals surface area contributed by atoms with Crippen LogP contribution in [0.15, 0.2) is 29.2 Å². The van der Waals surface area contributed by atoms with E-state index in [2.05, 4.69) is 20.3 Å². The number of nitrogens with one attached hydrogen (secondary N) is 1. The minimum atomic E-state index is -2.25. The van der Waals surface area contributed by atoms with Crippen LogP contribution in [0.3, 0.4) is 0 Å². The highest BCUT2D eigenvalue weighted by Gasteiger charge is 2.02. The first-order valence-electron chi connectivity index (χ1n) is 5.20. The second-order valence-electron chi connectivity index (χ2n) is 3.64. The summed E-state index contributed by atoms with van der Waals surface area (Å²) in [5.74, 6) is 1.61. The standard InChI is InChI=1S/C11H12N4O2S/c1-7-12-8(2)14-11(13-7)15-9-4-3-5-10(6-9)18(16)17/h3-6H,1-2H3,(H,16,17)(H,12,13,14,15)/p-1. The molecule has 1 aromatic carbocycles. The van der Waals surface area contributed by atoms with Crippen LogP contribution in [0.4, 0.5) is 11.6 Å². The van der Waals surface area contributed by atoms with Gasteiger partial charge in [0.1, 0.15) is 11.6 Å². The molecule has 1 unspecified atom stereocenters. The van der Waals surface area contributed by atoms with E-state index in [4.69, 9.17) is 0 Å². The summed E-state index contributed by atoms with van der Waals surface area (Å²) in [7, 11) is 0. The largest absolute Gasteiger partial charge is 0.768 e. The van der Waals surface area contributed by atoms with Crippen LogP contribution in [0.2, 0.25) is 0 Å². The molecule has 7 heteroatoms. The molecule has 18 heavy (non-hydrogen) atoms. The van der Waals surface area contributed by atoms with Gasteiger partial charge < -0.3 is 9.87 Å². The van der Waals surface area contributed by atoms with Crippen LogP contribution in [-0.4, -0.2) is 23.7 Å². The van der Waals surface area contributed by atoms with Crippen LogP contribution in [0.5, 0.6) is 0 Å². The van der Waals surface area contributed by atoms with Gasteiger partial charge in [-0.2, -0.15) is 9.97 Å². The van der Waals surface area contributed by atoms with Crippen molar-refractivity contribution >= 4 is 22.7 Å². The molecule has 94 valence electrons. The quantitative estimate of drug-likeness (QED) is 0.843. The van der Waals surface area contributed by atoms with E-state index in [0.717, 1.165) is 0 Å². The van der Waals surface area contributed by atoms with Crippen LogP contribution in [-0.2, 0) is 11.1 Å². The summed E-state index contributed by atoms with van der Waals surface area (Å²) in [6.45, 7) is 3.53. The number of aromatic nitrogens is 3. The van der Waals surface area contributed by atoms with Crippen molar-refractivity contribution in [2.45, 2.75) is 18.7 Å². The van der Waals surface area contributed by atoms with Crippen LogP contribution in [0, 0.1) is 13.8 Å². The molecule has 1 atom stereocenters. The van der Waals surface area contributed by atoms with Crippen LogP contribution in [0.25, 0.3) is 0 Å². The van der Waals surface area contributed by atoms with Gasteiger partial charge in [-0.05, 0) is 43.1 Å². The van der Waals surface area contributed by atoms with Crippen molar-refractivity contribution in [2.24, 2.45) is 0 Å². The molecule has 2 aromatic rings. The molecule has 0 fully saturated rings. The lowest BCUT2D eigenvalue weighted by Gasteiger charge is -2.09. The van der Waals surface area contributed by atoms with Gasteiger partial charge in [0.15, 0.2) is 0 Å². The summed E-state index contributed by atoms with van der Waals surface area (Å²) in [6, 6.07) is 6.41. The number of aryl methyl sites for hydroxylation is 2. The van der Waals surface area contributed by atoms with Crippen LogP contribution >= 0.6 is 0 Å². The highest BCUT2D eigenvalue weighted by Crippen LogP contribution is 2.16. The smallest absolute Gasteiger partial charge is 0.230 e. The number of hydrogen-bond donors (Lipinski definition) is 1. The van der Waals surface area contributed by atoms with Crippen molar-refractivity contribution in [2.75, 3.05) is 5.32 Å². The number of rotatable bonds is 3. The molecule has 0 aliphatic rings. The first-order valence-corrected chi connectivity index (χ1v) is 6.28. The van der Waals surface area contributed by atoms with Crippen molar-refractivity contribution in [3.8, 4) is 0 Å². The van der Waals surface area contributed by atoms with E-state index >= 15 is 0 Å². The Morgan fingerprint density at radius 2 is 1.83 bits per heavy atom. The summed E-state index contributed by atoms with van der Waals surface area (Å²) < 4.78 is 21.7. The zero-order chi connectivity index (χ0) is 13.1. The molecule has 0 saturated carbocycles. The van der Waals surface area contributed by atoms with Crippen LogP contribution in [0.1, 0.15) is 11.6 Å². The van der Waals surface area contributed by atoms with Crippen molar-refractivity contribution in [3.63, 3.8) is 0 Å². The molecule has 0 radical (unpaired) electrons. The summed E-state index contributed by atoms with van der Waals surface area (Å²) >= 11 is -2.25. The zero-order valence-electron chi connectivity index (χ0n) is 9.88. The molecule has 0 aliphatic carbocycles. The molecule has 1 aromatic heterocycles. The average Bonchev–Trinajstić information content (AvgIpc) is 2.27. The maximum absolute atomic E-state index is 10.8. The molecule has 1 heterocycles. The first-order chi connectivity index (χ1) is 8.54. The maximum Gasteiger partial charge on any atom is 0.230 e. The number of nitrogens with zero attached hydrogens (tertiary/aromatic N) is 3. The van der Waals surface area contributed by atoms with Crippen molar-refractivity contribution in [1.29, 1.82) is 0 Å². The van der Waals surface area contributed by atoms with Gasteiger partial charge in [0.05, 0.1) is 0 Å². The van der Waals surface area contributed by atoms with E-state index < -0.39 is 11.1 Å². The summed E-state index contributed by atoms with van der Waals surface area (Å²) in [4.78, 5) is 12.5. The SMILES string of the molecule is Cc1nc(C)nc(Nc2cccc(S(=O)[O-])c2)n1. The van der Waals surface area contributed by atoms with E-state index in [1.54, 1.807) is 26.0 Å². The van der Waals surface area contributed by atoms with Gasteiger partial charge in [0, 0.05) is 10.6 Å². The molecule has 6 nitrogen and oxygen atoms in total. The van der Waals surface area contributed by atoms with Gasteiger partial charge in [-0.1, -0.05) is 6.07 Å². The Balaban J connectivity index is 2.28. The van der Waals surface area contributed by atoms with E-state index in [1.165, 1.54) is 12.1 Å². The van der Waals surface area contributed by atoms with E-state index in [1.807, 2.05) is 0 Å². The van der Waals surface area contributed by atoms with Gasteiger partial charge in [0.2, 0.25) is 5.95 Å². The molecule has 0 spiro atoms. The third-order valence-electron chi connectivity index (χ3n) is 2.14. The average molecular weight is 263 g/mol. The Morgan fingerprint density at radius 1 is 1.17 bits per heavy atom. The number of benzene rings is 1. The van der Waals surface area contributed by atoms with Gasteiger partial charge in [0.25, 0.3) is 0 Å². The molecule has 0 aliphatic heterocycles. The molecule has 1 N–H and O–H groups in total. The van der Waals surface area contributed by atoms with Crippen LogP contribution < -0.4 is 5.32 Å². The van der Waals surface area contributed by atoms with E-state index in [0.29, 0.717) is 23.3 Å². The predicted octanol–water partition coefficient (Wildman–Crippen LogP) is 1.47. The Morgan fingerprint density at radius 3 is 2.44 bits per heavy atom. The Labute approximate surface area is 107 Å². The predicted molar refractivity (Wildman–Crippen MR) is 66.2 cm³/mol. The third-order valence-corrected chi connectivity index (χ3v) is 2.78. The molecule has 0 bridgehead atoms. The third kappa shape index (κ3) is 3.08. The normalized spacial score (nSPS) is 12.2. The summed E-state index contributed by atoms with van der Waals surface area (Å²) in [6.07, 6.45) is 0. The minimum Gasteiger partial charge on any atom is -0.768 e. The van der Waals surface area contributed by atoms with Crippen molar-refractivity contribution in [1.82, 2.24) is 15.0 Å². The number of hydrogen-bond acceptors (Lipinski definition) is 6. The minimum absolute atomic E-state index is 0.211. The van der Waals surface area contributed by atoms with Gasteiger partial charge in [-0.25, -0.2) is 4.98 Å². The maximum atomic E-state index is 10.8. The lowest BCUT2D eigenvalue weighted by Crippen LogP contribution is -2.03. The monoisotopic (exact) mass is 263 g/mol. The summed E-state index contributed by atoms with van der Waals surface area (Å²) in [5, 5.41) is 2.95. The second kappa shape index (κ2) is 5.19. The molecule has 2 rings (SSSR count). The van der Waals surface area contributed by atoms with Gasteiger partial charge >= 0.3 is 0 Å². The molecule has 0 saturated heterocycles. The second-order valence-corrected chi connectivity index (χ2v) is 4.58.